The lowest BCUT2D eigenvalue weighted by atomic mass is 10.3. The molecule has 9 heavy (non-hydrogen) atoms. The minimum atomic E-state index is 0. The van der Waals surface area contributed by atoms with Gasteiger partial charge in [0.25, 0.3) is 0 Å². The molecule has 2 N–H and O–H groups in total. The van der Waals surface area contributed by atoms with E-state index in [1.165, 1.54) is 19.5 Å². The molecule has 2 heterocycles. The van der Waals surface area contributed by atoms with E-state index < -0.39 is 0 Å². The summed E-state index contributed by atoms with van der Waals surface area (Å²) in [5, 5.41) is 6.79. The summed E-state index contributed by atoms with van der Waals surface area (Å²) >= 11 is 0. The molecular weight excluding hydrogens is 159 g/mol. The fraction of sp³-hybridized carbons (Fsp3) is 1.00. The quantitative estimate of drug-likeness (QED) is 0.542. The lowest BCUT2D eigenvalue weighted by molar-refractivity contribution is 0.528. The van der Waals surface area contributed by atoms with Crippen molar-refractivity contribution in [3.8, 4) is 0 Å². The lowest BCUT2D eigenvalue weighted by Crippen LogP contribution is -2.39. The predicted molar refractivity (Wildman–Crippen MR) is 42.7 cm³/mol. The highest BCUT2D eigenvalue weighted by Gasteiger charge is 2.29. The Morgan fingerprint density at radius 1 is 0.889 bits per heavy atom. The highest BCUT2D eigenvalue weighted by Crippen LogP contribution is 2.11. The highest BCUT2D eigenvalue weighted by atomic mass is 35.5. The SMILES string of the molecule is C1N[C@H]2CN[C@@H]1C2.Cl.Cl. The van der Waals surface area contributed by atoms with Gasteiger partial charge in [0.2, 0.25) is 0 Å². The zero-order valence-electron chi connectivity index (χ0n) is 5.09. The largest absolute Gasteiger partial charge is 0.311 e. The number of halogens is 2. The van der Waals surface area contributed by atoms with Crippen LogP contribution in [-0.2, 0) is 0 Å². The molecule has 0 amide bonds. The van der Waals surface area contributed by atoms with Gasteiger partial charge in [-0.15, -0.1) is 24.8 Å². The zero-order chi connectivity index (χ0) is 4.69. The maximum Gasteiger partial charge on any atom is 0.0208 e. The molecule has 2 rings (SSSR count). The van der Waals surface area contributed by atoms with Gasteiger partial charge in [-0.2, -0.15) is 0 Å². The standard InChI is InChI=1S/C5H10N2.2ClH/c1-4-2-6-5(1)3-7-4;;/h4-7H,1-3H2;2*1H/t4-,5-;;/m1../s1. The molecule has 4 heteroatoms. The minimum absolute atomic E-state index is 0. The van der Waals surface area contributed by atoms with Gasteiger partial charge in [-0.3, -0.25) is 0 Å². The minimum Gasteiger partial charge on any atom is -0.311 e. The fourth-order valence-corrected chi connectivity index (χ4v) is 1.44. The van der Waals surface area contributed by atoms with Crippen molar-refractivity contribution in [3.05, 3.63) is 0 Å². The van der Waals surface area contributed by atoms with E-state index in [4.69, 9.17) is 0 Å². The van der Waals surface area contributed by atoms with Gasteiger partial charge in [0.15, 0.2) is 0 Å². The van der Waals surface area contributed by atoms with Crippen molar-refractivity contribution in [2.24, 2.45) is 0 Å². The van der Waals surface area contributed by atoms with E-state index in [1.54, 1.807) is 0 Å². The fourth-order valence-electron chi connectivity index (χ4n) is 1.44. The molecule has 2 atom stereocenters. The van der Waals surface area contributed by atoms with Crippen LogP contribution < -0.4 is 10.6 Å². The predicted octanol–water partition coefficient (Wildman–Crippen LogP) is 0.164. The number of fused-ring (bicyclic) bond motifs is 2. The van der Waals surface area contributed by atoms with Gasteiger partial charge < -0.3 is 10.6 Å². The molecule has 56 valence electrons. The van der Waals surface area contributed by atoms with E-state index in [9.17, 15) is 0 Å². The summed E-state index contributed by atoms with van der Waals surface area (Å²) < 4.78 is 0. The zero-order valence-corrected chi connectivity index (χ0v) is 6.73. The second-order valence-corrected chi connectivity index (χ2v) is 2.45. The van der Waals surface area contributed by atoms with Crippen molar-refractivity contribution in [2.45, 2.75) is 18.5 Å². The average molecular weight is 171 g/mol. The number of piperazine rings is 1. The van der Waals surface area contributed by atoms with Crippen LogP contribution >= 0.6 is 24.8 Å². The third-order valence-electron chi connectivity index (χ3n) is 1.87. The van der Waals surface area contributed by atoms with E-state index in [0.29, 0.717) is 0 Å². The summed E-state index contributed by atoms with van der Waals surface area (Å²) in [6.45, 7) is 2.40. The summed E-state index contributed by atoms with van der Waals surface area (Å²) in [6.07, 6.45) is 1.36. The molecule has 0 saturated carbocycles. The van der Waals surface area contributed by atoms with Crippen LogP contribution in [0.4, 0.5) is 0 Å². The van der Waals surface area contributed by atoms with Gasteiger partial charge in [0.05, 0.1) is 0 Å². The Labute approximate surface area is 67.6 Å². The molecule has 0 radical (unpaired) electrons. The number of rotatable bonds is 0. The Kier molecular flexibility index (Phi) is 3.82. The summed E-state index contributed by atoms with van der Waals surface area (Å²) in [6, 6.07) is 1.62. The normalized spacial score (nSPS) is 37.3. The Bertz CT molecular complexity index is 71.0. The third-order valence-corrected chi connectivity index (χ3v) is 1.87. The van der Waals surface area contributed by atoms with Crippen LogP contribution in [0.3, 0.4) is 0 Å². The Morgan fingerprint density at radius 2 is 1.33 bits per heavy atom. The molecular formula is C5H12Cl2N2. The first kappa shape index (κ1) is 9.50. The Balaban J connectivity index is 0.000000320. The van der Waals surface area contributed by atoms with Gasteiger partial charge in [-0.25, -0.2) is 0 Å². The van der Waals surface area contributed by atoms with Crippen molar-refractivity contribution >= 4 is 24.8 Å². The second kappa shape index (κ2) is 3.62. The molecule has 0 aromatic heterocycles. The second-order valence-electron chi connectivity index (χ2n) is 2.45. The van der Waals surface area contributed by atoms with E-state index in [1.807, 2.05) is 0 Å². The monoisotopic (exact) mass is 170 g/mol. The molecule has 2 nitrogen and oxygen atoms in total. The maximum absolute atomic E-state index is 3.39. The van der Waals surface area contributed by atoms with Gasteiger partial charge >= 0.3 is 0 Å². The highest BCUT2D eigenvalue weighted by molar-refractivity contribution is 5.85. The maximum atomic E-state index is 3.39. The van der Waals surface area contributed by atoms with Gasteiger partial charge in [-0.1, -0.05) is 0 Å². The van der Waals surface area contributed by atoms with Crippen molar-refractivity contribution in [2.75, 3.05) is 13.1 Å². The molecule has 2 saturated heterocycles. The van der Waals surface area contributed by atoms with Crippen molar-refractivity contribution in [3.63, 3.8) is 0 Å². The molecule has 0 aromatic carbocycles. The summed E-state index contributed by atoms with van der Waals surface area (Å²) in [5.41, 5.74) is 0. The summed E-state index contributed by atoms with van der Waals surface area (Å²) in [7, 11) is 0. The van der Waals surface area contributed by atoms with E-state index in [0.717, 1.165) is 12.1 Å². The van der Waals surface area contributed by atoms with Gasteiger partial charge in [-0.05, 0) is 6.42 Å². The Morgan fingerprint density at radius 3 is 1.44 bits per heavy atom. The smallest absolute Gasteiger partial charge is 0.0208 e. The van der Waals surface area contributed by atoms with Gasteiger partial charge in [0.1, 0.15) is 0 Å². The first-order chi connectivity index (χ1) is 3.45. The molecule has 0 spiro atoms. The van der Waals surface area contributed by atoms with Crippen LogP contribution in [0.2, 0.25) is 0 Å². The van der Waals surface area contributed by atoms with Crippen molar-refractivity contribution in [1.29, 1.82) is 0 Å². The lowest BCUT2D eigenvalue weighted by Gasteiger charge is -2.10. The first-order valence-corrected chi connectivity index (χ1v) is 2.92. The van der Waals surface area contributed by atoms with Crippen LogP contribution in [0.1, 0.15) is 6.42 Å². The summed E-state index contributed by atoms with van der Waals surface area (Å²) in [4.78, 5) is 0. The number of nitrogens with one attached hydrogen (secondary N) is 2. The van der Waals surface area contributed by atoms with E-state index in [-0.39, 0.29) is 24.8 Å². The van der Waals surface area contributed by atoms with Crippen LogP contribution in [0.5, 0.6) is 0 Å². The van der Waals surface area contributed by atoms with Gasteiger partial charge in [0, 0.05) is 25.2 Å². The number of hydrogen-bond donors (Lipinski definition) is 2. The van der Waals surface area contributed by atoms with E-state index in [2.05, 4.69) is 10.6 Å². The topological polar surface area (TPSA) is 24.1 Å². The molecule has 0 aliphatic carbocycles. The van der Waals surface area contributed by atoms with Crippen LogP contribution in [-0.4, -0.2) is 25.2 Å². The molecule has 0 aromatic rings. The van der Waals surface area contributed by atoms with Crippen molar-refractivity contribution in [1.82, 2.24) is 10.6 Å². The van der Waals surface area contributed by atoms with Crippen LogP contribution in [0, 0.1) is 0 Å². The number of hydrogen-bond acceptors (Lipinski definition) is 2. The first-order valence-electron chi connectivity index (χ1n) is 2.92. The Hall–Kier alpha value is 0.500. The van der Waals surface area contributed by atoms with Crippen molar-refractivity contribution < 1.29 is 0 Å². The average Bonchev–Trinajstić information content (AvgIpc) is 2.22. The third kappa shape index (κ3) is 1.71. The molecule has 2 fully saturated rings. The molecule has 2 aliphatic heterocycles. The molecule has 2 bridgehead atoms. The van der Waals surface area contributed by atoms with Crippen LogP contribution in [0.15, 0.2) is 0 Å². The molecule has 0 unspecified atom stereocenters. The molecule has 2 aliphatic rings. The summed E-state index contributed by atoms with van der Waals surface area (Å²) in [5.74, 6) is 0. The van der Waals surface area contributed by atoms with E-state index >= 15 is 0 Å². The van der Waals surface area contributed by atoms with Crippen LogP contribution in [0.25, 0.3) is 0 Å².